The number of nitrogens with zero attached hydrogens (tertiary/aromatic N) is 2. The van der Waals surface area contributed by atoms with Gasteiger partial charge >= 0.3 is 0 Å². The molecule has 2 saturated heterocycles. The lowest BCUT2D eigenvalue weighted by atomic mass is 9.77. The van der Waals surface area contributed by atoms with Crippen molar-refractivity contribution in [1.82, 2.24) is 9.80 Å². The summed E-state index contributed by atoms with van der Waals surface area (Å²) in [7, 11) is 1.73. The van der Waals surface area contributed by atoms with E-state index >= 15 is 0 Å². The molecule has 0 radical (unpaired) electrons. The number of aliphatic hydroxyl groups excluding tert-OH is 1. The Kier molecular flexibility index (Phi) is 7.91. The first-order valence-corrected chi connectivity index (χ1v) is 9.74. The van der Waals surface area contributed by atoms with Crippen LogP contribution in [0.3, 0.4) is 0 Å². The molecule has 0 aliphatic carbocycles. The van der Waals surface area contributed by atoms with Crippen molar-refractivity contribution in [2.24, 2.45) is 11.3 Å². The Labute approximate surface area is 153 Å². The van der Waals surface area contributed by atoms with E-state index in [1.165, 1.54) is 5.57 Å². The molecule has 25 heavy (non-hydrogen) atoms. The fraction of sp³-hybridized carbons (Fsp3) is 0.850. The summed E-state index contributed by atoms with van der Waals surface area (Å²) < 4.78 is 5.14. The van der Waals surface area contributed by atoms with Gasteiger partial charge in [0.2, 0.25) is 5.91 Å². The first kappa shape index (κ1) is 20.4. The lowest BCUT2D eigenvalue weighted by Crippen LogP contribution is -2.51. The van der Waals surface area contributed by atoms with Gasteiger partial charge in [-0.3, -0.25) is 4.79 Å². The Bertz CT molecular complexity index is 454. The number of rotatable bonds is 7. The maximum atomic E-state index is 13.0. The molecule has 0 spiro atoms. The third-order valence-corrected chi connectivity index (χ3v) is 5.80. The van der Waals surface area contributed by atoms with Crippen LogP contribution in [-0.4, -0.2) is 73.9 Å². The molecule has 2 rings (SSSR count). The maximum absolute atomic E-state index is 13.0. The van der Waals surface area contributed by atoms with E-state index in [1.54, 1.807) is 7.11 Å². The maximum Gasteiger partial charge on any atom is 0.225 e. The van der Waals surface area contributed by atoms with Crippen LogP contribution in [-0.2, 0) is 9.53 Å². The number of carbonyl (C=O) groups is 1. The van der Waals surface area contributed by atoms with Crippen molar-refractivity contribution in [3.05, 3.63) is 11.6 Å². The Morgan fingerprint density at radius 1 is 1.28 bits per heavy atom. The average molecular weight is 353 g/mol. The van der Waals surface area contributed by atoms with Gasteiger partial charge in [-0.1, -0.05) is 11.6 Å². The molecule has 0 bridgehead atoms. The molecule has 1 amide bonds. The van der Waals surface area contributed by atoms with Gasteiger partial charge in [0.05, 0.1) is 13.2 Å². The summed E-state index contributed by atoms with van der Waals surface area (Å²) in [6, 6.07) is 0. The highest BCUT2D eigenvalue weighted by molar-refractivity contribution is 5.79. The number of carbonyl (C=O) groups excluding carboxylic acids is 1. The summed E-state index contributed by atoms with van der Waals surface area (Å²) in [5.74, 6) is 0.456. The fourth-order valence-electron chi connectivity index (χ4n) is 4.06. The second-order valence-corrected chi connectivity index (χ2v) is 8.12. The minimum atomic E-state index is -0.148. The number of methoxy groups -OCH3 is 1. The third kappa shape index (κ3) is 5.80. The van der Waals surface area contributed by atoms with Crippen LogP contribution in [0.1, 0.15) is 46.0 Å². The monoisotopic (exact) mass is 352 g/mol. The largest absolute Gasteiger partial charge is 0.396 e. The summed E-state index contributed by atoms with van der Waals surface area (Å²) in [5, 5.41) is 10.00. The average Bonchev–Trinajstić information content (AvgIpc) is 2.64. The Morgan fingerprint density at radius 3 is 2.60 bits per heavy atom. The van der Waals surface area contributed by atoms with Gasteiger partial charge in [-0.25, -0.2) is 0 Å². The summed E-state index contributed by atoms with van der Waals surface area (Å²) in [4.78, 5) is 17.4. The molecule has 144 valence electrons. The van der Waals surface area contributed by atoms with Gasteiger partial charge in [0, 0.05) is 38.1 Å². The number of hydrogen-bond donors (Lipinski definition) is 1. The zero-order chi connectivity index (χ0) is 18.3. The number of ether oxygens (including phenoxy) is 1. The first-order chi connectivity index (χ1) is 12.0. The highest BCUT2D eigenvalue weighted by Gasteiger charge is 2.38. The fourth-order valence-corrected chi connectivity index (χ4v) is 4.06. The molecule has 5 nitrogen and oxygen atoms in total. The van der Waals surface area contributed by atoms with Crippen LogP contribution < -0.4 is 0 Å². The molecule has 2 fully saturated rings. The Morgan fingerprint density at radius 2 is 2.00 bits per heavy atom. The van der Waals surface area contributed by atoms with Crippen molar-refractivity contribution in [3.63, 3.8) is 0 Å². The zero-order valence-electron chi connectivity index (χ0n) is 16.3. The molecule has 0 saturated carbocycles. The van der Waals surface area contributed by atoms with E-state index in [0.29, 0.717) is 12.5 Å². The minimum Gasteiger partial charge on any atom is -0.396 e. The van der Waals surface area contributed by atoms with Gasteiger partial charge in [-0.2, -0.15) is 0 Å². The normalized spacial score (nSPS) is 25.8. The van der Waals surface area contributed by atoms with Crippen molar-refractivity contribution in [1.29, 1.82) is 0 Å². The van der Waals surface area contributed by atoms with E-state index < -0.39 is 0 Å². The quantitative estimate of drug-likeness (QED) is 0.715. The Hall–Kier alpha value is -0.910. The summed E-state index contributed by atoms with van der Waals surface area (Å²) in [5.41, 5.74) is 1.13. The predicted octanol–water partition coefficient (Wildman–Crippen LogP) is 2.30. The number of aliphatic hydroxyl groups is 1. The Balaban J connectivity index is 1.90. The summed E-state index contributed by atoms with van der Waals surface area (Å²) >= 11 is 0. The zero-order valence-corrected chi connectivity index (χ0v) is 16.3. The molecule has 0 aromatic carbocycles. The first-order valence-electron chi connectivity index (χ1n) is 9.74. The van der Waals surface area contributed by atoms with Crippen molar-refractivity contribution in [2.75, 3.05) is 53.0 Å². The molecule has 5 heteroatoms. The molecular formula is C20H36N2O3. The van der Waals surface area contributed by atoms with Gasteiger partial charge in [0.25, 0.3) is 0 Å². The van der Waals surface area contributed by atoms with Crippen molar-refractivity contribution in [3.8, 4) is 0 Å². The van der Waals surface area contributed by atoms with Crippen LogP contribution in [0.5, 0.6) is 0 Å². The summed E-state index contributed by atoms with van der Waals surface area (Å²) in [6.45, 7) is 9.58. The highest BCUT2D eigenvalue weighted by Crippen LogP contribution is 2.35. The molecule has 2 heterocycles. The minimum absolute atomic E-state index is 0.148. The van der Waals surface area contributed by atoms with Gasteiger partial charge < -0.3 is 19.6 Å². The second-order valence-electron chi connectivity index (χ2n) is 8.12. The van der Waals surface area contributed by atoms with Gasteiger partial charge in [-0.15, -0.1) is 0 Å². The van der Waals surface area contributed by atoms with Crippen LogP contribution >= 0.6 is 0 Å². The van der Waals surface area contributed by atoms with Crippen molar-refractivity contribution in [2.45, 2.75) is 46.0 Å². The molecule has 0 aromatic heterocycles. The van der Waals surface area contributed by atoms with Crippen molar-refractivity contribution >= 4 is 5.91 Å². The van der Waals surface area contributed by atoms with E-state index in [0.717, 1.165) is 64.9 Å². The lowest BCUT2D eigenvalue weighted by molar-refractivity contribution is -0.141. The van der Waals surface area contributed by atoms with Crippen LogP contribution in [0.2, 0.25) is 0 Å². The van der Waals surface area contributed by atoms with Crippen LogP contribution in [0.15, 0.2) is 11.6 Å². The predicted molar refractivity (Wildman–Crippen MR) is 100 cm³/mol. The van der Waals surface area contributed by atoms with Gasteiger partial charge in [-0.05, 0) is 59.0 Å². The topological polar surface area (TPSA) is 53.0 Å². The number of hydrogen-bond acceptors (Lipinski definition) is 4. The standard InChI is InChI=1S/C20H36N2O3/c1-17(2)5-9-20(16-23)8-4-10-22(15-20)19(24)18-6-11-21(12-7-18)13-14-25-3/h5,18,23H,4,6-16H2,1-3H3/t20-/m1/s1. The molecule has 2 aliphatic rings. The molecule has 2 aliphatic heterocycles. The van der Waals surface area contributed by atoms with E-state index in [4.69, 9.17) is 4.74 Å². The van der Waals surface area contributed by atoms with E-state index in [1.807, 2.05) is 4.90 Å². The molecule has 1 atom stereocenters. The second kappa shape index (κ2) is 9.70. The van der Waals surface area contributed by atoms with E-state index in [-0.39, 0.29) is 17.9 Å². The van der Waals surface area contributed by atoms with Gasteiger partial charge in [0.15, 0.2) is 0 Å². The van der Waals surface area contributed by atoms with E-state index in [9.17, 15) is 9.90 Å². The molecule has 0 aromatic rings. The smallest absolute Gasteiger partial charge is 0.225 e. The number of piperidine rings is 2. The molecular weight excluding hydrogens is 316 g/mol. The van der Waals surface area contributed by atoms with Crippen LogP contribution in [0.25, 0.3) is 0 Å². The SMILES string of the molecule is COCCN1CCC(C(=O)N2CCC[C@@](CO)(CC=C(C)C)C2)CC1. The number of likely N-dealkylation sites (tertiary alicyclic amines) is 2. The van der Waals surface area contributed by atoms with Crippen LogP contribution in [0, 0.1) is 11.3 Å². The van der Waals surface area contributed by atoms with Crippen molar-refractivity contribution < 1.29 is 14.6 Å². The highest BCUT2D eigenvalue weighted by atomic mass is 16.5. The molecule has 0 unspecified atom stereocenters. The lowest BCUT2D eigenvalue weighted by Gasteiger charge is -2.43. The van der Waals surface area contributed by atoms with E-state index in [2.05, 4.69) is 24.8 Å². The molecule has 1 N–H and O–H groups in total. The number of allylic oxidation sites excluding steroid dienone is 2. The van der Waals surface area contributed by atoms with Gasteiger partial charge in [0.1, 0.15) is 0 Å². The summed E-state index contributed by atoms with van der Waals surface area (Å²) in [6.07, 6.45) is 6.96. The number of amides is 1. The van der Waals surface area contributed by atoms with Crippen LogP contribution in [0.4, 0.5) is 0 Å². The third-order valence-electron chi connectivity index (χ3n) is 5.80.